The van der Waals surface area contributed by atoms with E-state index in [0.717, 1.165) is 57.2 Å². The van der Waals surface area contributed by atoms with Crippen molar-refractivity contribution in [3.05, 3.63) is 98.3 Å². The number of rotatable bonds is 14. The Kier molecular flexibility index (Phi) is 11.5. The second-order valence-corrected chi connectivity index (χ2v) is 11.6. The first-order valence-corrected chi connectivity index (χ1v) is 15.8. The molecule has 3 heterocycles. The first-order chi connectivity index (χ1) is 21.9. The van der Waals surface area contributed by atoms with Gasteiger partial charge in [0.15, 0.2) is 0 Å². The molecule has 0 aliphatic carbocycles. The normalized spacial score (nSPS) is 12.7. The van der Waals surface area contributed by atoms with Gasteiger partial charge in [0.2, 0.25) is 5.88 Å². The van der Waals surface area contributed by atoms with Gasteiger partial charge in [0.05, 0.1) is 30.4 Å². The highest BCUT2D eigenvalue weighted by molar-refractivity contribution is 6.34. The maximum atomic E-state index is 9.05. The highest BCUT2D eigenvalue weighted by Gasteiger charge is 2.23. The lowest BCUT2D eigenvalue weighted by Gasteiger charge is -2.31. The van der Waals surface area contributed by atoms with Gasteiger partial charge >= 0.3 is 0 Å². The minimum Gasteiger partial charge on any atom is -0.487 e. The molecular formula is C34H39Cl2N5O4. The fourth-order valence-corrected chi connectivity index (χ4v) is 6.05. The van der Waals surface area contributed by atoms with Crippen LogP contribution in [-0.2, 0) is 32.7 Å². The van der Waals surface area contributed by atoms with Crippen LogP contribution in [0.5, 0.6) is 11.6 Å². The quantitative estimate of drug-likeness (QED) is 0.139. The van der Waals surface area contributed by atoms with Crippen LogP contribution >= 0.6 is 23.2 Å². The van der Waals surface area contributed by atoms with Gasteiger partial charge in [-0.15, -0.1) is 0 Å². The molecule has 2 aromatic heterocycles. The lowest BCUT2D eigenvalue weighted by molar-refractivity contribution is 0.290. The Morgan fingerprint density at radius 2 is 1.78 bits per heavy atom. The number of anilines is 1. The van der Waals surface area contributed by atoms with Gasteiger partial charge in [0.25, 0.3) is 0 Å². The van der Waals surface area contributed by atoms with Crippen LogP contribution in [0.4, 0.5) is 5.82 Å². The highest BCUT2D eigenvalue weighted by atomic mass is 35.5. The van der Waals surface area contributed by atoms with Crippen molar-refractivity contribution in [2.24, 2.45) is 0 Å². The first kappa shape index (κ1) is 32.9. The van der Waals surface area contributed by atoms with Crippen LogP contribution in [0.25, 0.3) is 11.1 Å². The number of benzene rings is 2. The summed E-state index contributed by atoms with van der Waals surface area (Å²) in [6.07, 6.45) is 2.76. The molecule has 9 nitrogen and oxygen atoms in total. The molecule has 0 unspecified atom stereocenters. The summed E-state index contributed by atoms with van der Waals surface area (Å²) in [4.78, 5) is 11.5. The Balaban J connectivity index is 1.32. The molecule has 0 saturated carbocycles. The fourth-order valence-electron chi connectivity index (χ4n) is 5.48. The maximum Gasteiger partial charge on any atom is 0.218 e. The number of pyridine rings is 2. The number of aliphatic hydroxyl groups excluding tert-OH is 2. The third-order valence-corrected chi connectivity index (χ3v) is 8.67. The molecule has 0 atom stereocenters. The summed E-state index contributed by atoms with van der Waals surface area (Å²) >= 11 is 13.7. The second kappa shape index (κ2) is 15.7. The molecule has 11 heteroatoms. The molecule has 2 aromatic carbocycles. The molecule has 238 valence electrons. The van der Waals surface area contributed by atoms with Gasteiger partial charge in [0.1, 0.15) is 23.9 Å². The van der Waals surface area contributed by atoms with Crippen LogP contribution in [0.2, 0.25) is 10.0 Å². The molecule has 4 aromatic rings. The molecule has 0 radical (unpaired) electrons. The Labute approximate surface area is 274 Å². The smallest absolute Gasteiger partial charge is 0.218 e. The van der Waals surface area contributed by atoms with E-state index in [1.165, 1.54) is 5.56 Å². The molecule has 0 saturated heterocycles. The van der Waals surface area contributed by atoms with Gasteiger partial charge in [0, 0.05) is 56.6 Å². The molecule has 0 amide bonds. The lowest BCUT2D eigenvalue weighted by Crippen LogP contribution is -2.31. The molecule has 45 heavy (non-hydrogen) atoms. The highest BCUT2D eigenvalue weighted by Crippen LogP contribution is 2.39. The standard InChI is InChI=1S/C34H39Cl2N5O4/c1-22-26(4-3-5-31(22)45-21-30-29(35)16-25(19-38-12-15-43)34(40-30)44-2)27-8-7-24-10-13-41(20-28(24)33(27)36)32-9-6-23(18-39-32)17-37-11-14-42/h3-9,16,18,37-38,42-43H,10-15,17,19-21H2,1-2H3. The predicted molar refractivity (Wildman–Crippen MR) is 178 cm³/mol. The predicted octanol–water partition coefficient (Wildman–Crippen LogP) is 5.07. The number of aromatic nitrogens is 2. The summed E-state index contributed by atoms with van der Waals surface area (Å²) in [5.41, 5.74) is 7.72. The average molecular weight is 653 g/mol. The van der Waals surface area contributed by atoms with E-state index in [1.807, 2.05) is 37.4 Å². The molecular weight excluding hydrogens is 613 g/mol. The van der Waals surface area contributed by atoms with Gasteiger partial charge in [-0.3, -0.25) is 0 Å². The number of halogens is 2. The van der Waals surface area contributed by atoms with Crippen molar-refractivity contribution in [3.63, 3.8) is 0 Å². The third kappa shape index (κ3) is 7.87. The van der Waals surface area contributed by atoms with Crippen molar-refractivity contribution < 1.29 is 19.7 Å². The number of aliphatic hydroxyl groups is 2. The first-order valence-electron chi connectivity index (χ1n) is 15.0. The monoisotopic (exact) mass is 651 g/mol. The Hall–Kier alpha value is -3.44. The van der Waals surface area contributed by atoms with E-state index in [0.29, 0.717) is 55.1 Å². The maximum absolute atomic E-state index is 9.05. The molecule has 1 aliphatic heterocycles. The summed E-state index contributed by atoms with van der Waals surface area (Å²) in [5.74, 6) is 2.09. The topological polar surface area (TPSA) is 112 Å². The van der Waals surface area contributed by atoms with E-state index in [-0.39, 0.29) is 19.8 Å². The van der Waals surface area contributed by atoms with Gasteiger partial charge in [-0.25, -0.2) is 9.97 Å². The number of methoxy groups -OCH3 is 1. The van der Waals surface area contributed by atoms with E-state index in [9.17, 15) is 0 Å². The Morgan fingerprint density at radius 1 is 0.978 bits per heavy atom. The second-order valence-electron chi connectivity index (χ2n) is 10.9. The van der Waals surface area contributed by atoms with Crippen molar-refractivity contribution in [3.8, 4) is 22.8 Å². The van der Waals surface area contributed by atoms with Crippen LogP contribution in [0.15, 0.2) is 54.7 Å². The zero-order valence-electron chi connectivity index (χ0n) is 25.6. The minimum atomic E-state index is 0.0425. The SMILES string of the molecule is COc1nc(COc2cccc(-c3ccc4c(c3Cl)CN(c3ccc(CNCCO)cn3)CC4)c2C)c(Cl)cc1CNCCO. The number of hydrogen-bond donors (Lipinski definition) is 4. The minimum absolute atomic E-state index is 0.0425. The van der Waals surface area contributed by atoms with Crippen molar-refractivity contribution in [2.45, 2.75) is 39.6 Å². The average Bonchev–Trinajstić information content (AvgIpc) is 3.06. The number of fused-ring (bicyclic) bond motifs is 1. The summed E-state index contributed by atoms with van der Waals surface area (Å²) in [7, 11) is 1.57. The summed E-state index contributed by atoms with van der Waals surface area (Å²) in [6.45, 7) is 6.04. The van der Waals surface area contributed by atoms with Crippen LogP contribution in [-0.4, -0.2) is 60.1 Å². The van der Waals surface area contributed by atoms with E-state index in [4.69, 9.17) is 47.9 Å². The molecule has 0 spiro atoms. The molecule has 1 aliphatic rings. The third-order valence-electron chi connectivity index (χ3n) is 7.91. The van der Waals surface area contributed by atoms with Crippen molar-refractivity contribution in [1.82, 2.24) is 20.6 Å². The van der Waals surface area contributed by atoms with Crippen molar-refractivity contribution in [1.29, 1.82) is 0 Å². The van der Waals surface area contributed by atoms with Crippen LogP contribution in [0.3, 0.4) is 0 Å². The van der Waals surface area contributed by atoms with Crippen molar-refractivity contribution >= 4 is 29.0 Å². The number of ether oxygens (including phenoxy) is 2. The Morgan fingerprint density at radius 3 is 2.51 bits per heavy atom. The fraction of sp³-hybridized carbons (Fsp3) is 0.353. The summed E-state index contributed by atoms with van der Waals surface area (Å²) in [6, 6.07) is 16.2. The van der Waals surface area contributed by atoms with E-state index >= 15 is 0 Å². The lowest BCUT2D eigenvalue weighted by atomic mass is 9.92. The van der Waals surface area contributed by atoms with Gasteiger partial charge < -0.3 is 35.2 Å². The molecule has 5 rings (SSSR count). The molecule has 0 fully saturated rings. The molecule has 4 N–H and O–H groups in total. The zero-order chi connectivity index (χ0) is 31.8. The van der Waals surface area contributed by atoms with Crippen LogP contribution in [0.1, 0.15) is 33.5 Å². The van der Waals surface area contributed by atoms with Crippen LogP contribution in [0, 0.1) is 6.92 Å². The van der Waals surface area contributed by atoms with Crippen molar-refractivity contribution in [2.75, 3.05) is 44.9 Å². The van der Waals surface area contributed by atoms with E-state index in [2.05, 4.69) is 44.8 Å². The van der Waals surface area contributed by atoms with Gasteiger partial charge in [-0.05, 0) is 59.4 Å². The summed E-state index contributed by atoms with van der Waals surface area (Å²) < 4.78 is 11.7. The molecule has 0 bridgehead atoms. The van der Waals surface area contributed by atoms with Gasteiger partial charge in [-0.1, -0.05) is 53.5 Å². The Bertz CT molecular complexity index is 1600. The number of nitrogens with one attached hydrogen (secondary N) is 2. The number of hydrogen-bond acceptors (Lipinski definition) is 9. The zero-order valence-corrected chi connectivity index (χ0v) is 27.1. The van der Waals surface area contributed by atoms with Crippen LogP contribution < -0.4 is 25.0 Å². The van der Waals surface area contributed by atoms with E-state index < -0.39 is 0 Å². The van der Waals surface area contributed by atoms with E-state index in [1.54, 1.807) is 7.11 Å². The largest absolute Gasteiger partial charge is 0.487 e. The number of nitrogens with zero attached hydrogens (tertiary/aromatic N) is 3. The summed E-state index contributed by atoms with van der Waals surface area (Å²) in [5, 5.41) is 25.6. The van der Waals surface area contributed by atoms with Gasteiger partial charge in [-0.2, -0.15) is 0 Å².